The van der Waals surface area contributed by atoms with Gasteiger partial charge in [-0.25, -0.2) is 9.97 Å². The van der Waals surface area contributed by atoms with Crippen LogP contribution in [0, 0.1) is 0 Å². The Bertz CT molecular complexity index is 1430. The Morgan fingerprint density at radius 1 is 1.23 bits per heavy atom. The molecule has 5 aromatic rings. The summed E-state index contributed by atoms with van der Waals surface area (Å²) < 4.78 is 4.04. The summed E-state index contributed by atoms with van der Waals surface area (Å²) in [6.45, 7) is 4.45. The first-order chi connectivity index (χ1) is 15.1. The molecule has 0 bridgehead atoms. The van der Waals surface area contributed by atoms with Crippen LogP contribution < -0.4 is 5.32 Å². The molecule has 0 aliphatic heterocycles. The van der Waals surface area contributed by atoms with Crippen molar-refractivity contribution in [1.82, 2.24) is 24.7 Å². The Balaban J connectivity index is 1.37. The highest BCUT2D eigenvalue weighted by Crippen LogP contribution is 2.30. The Hall–Kier alpha value is -2.82. The van der Waals surface area contributed by atoms with E-state index in [1.165, 1.54) is 23.1 Å². The second-order valence-corrected chi connectivity index (χ2v) is 9.54. The van der Waals surface area contributed by atoms with Crippen LogP contribution in [0.25, 0.3) is 32.3 Å². The Kier molecular flexibility index (Phi) is 5.43. The van der Waals surface area contributed by atoms with Crippen LogP contribution in [-0.2, 0) is 11.3 Å². The van der Waals surface area contributed by atoms with E-state index in [0.29, 0.717) is 16.8 Å². The minimum Gasteiger partial charge on any atom is -0.320 e. The zero-order valence-corrected chi connectivity index (χ0v) is 19.3. The highest BCUT2D eigenvalue weighted by atomic mass is 79.9. The number of carbonyl (C=O) groups excluding carboxylic acids is 1. The second kappa shape index (κ2) is 8.37. The molecule has 0 unspecified atom stereocenters. The summed E-state index contributed by atoms with van der Waals surface area (Å²) in [6.07, 6.45) is 1.82. The number of carbonyl (C=O) groups is 1. The smallest absolute Gasteiger partial charge is 0.236 e. The molecule has 31 heavy (non-hydrogen) atoms. The number of aromatic nitrogens is 5. The second-order valence-electron chi connectivity index (χ2n) is 6.65. The lowest BCUT2D eigenvalue weighted by Gasteiger charge is -2.04. The summed E-state index contributed by atoms with van der Waals surface area (Å²) in [5, 5.41) is 13.5. The predicted molar refractivity (Wildman–Crippen MR) is 130 cm³/mol. The summed E-state index contributed by atoms with van der Waals surface area (Å²) in [4.78, 5) is 21.5. The van der Waals surface area contributed by atoms with Crippen molar-refractivity contribution in [2.75, 3.05) is 11.1 Å². The van der Waals surface area contributed by atoms with Gasteiger partial charge < -0.3 is 9.88 Å². The first-order valence-electron chi connectivity index (χ1n) is 9.33. The summed E-state index contributed by atoms with van der Waals surface area (Å²) >= 11 is 6.20. The fourth-order valence-electron chi connectivity index (χ4n) is 3.30. The van der Waals surface area contributed by atoms with Gasteiger partial charge in [0.05, 0.1) is 21.5 Å². The molecule has 3 heterocycles. The van der Waals surface area contributed by atoms with Crippen LogP contribution in [0.15, 0.2) is 64.7 Å². The number of nitrogens with one attached hydrogen (secondary N) is 1. The highest BCUT2D eigenvalue weighted by molar-refractivity contribution is 9.10. The van der Waals surface area contributed by atoms with Crippen molar-refractivity contribution in [3.63, 3.8) is 0 Å². The van der Waals surface area contributed by atoms with Gasteiger partial charge in [0, 0.05) is 16.4 Å². The Morgan fingerprint density at radius 3 is 2.94 bits per heavy atom. The number of para-hydroxylation sites is 1. The molecule has 5 rings (SSSR count). The number of hydrogen-bond acceptors (Lipinski definition) is 7. The highest BCUT2D eigenvalue weighted by Gasteiger charge is 2.16. The number of nitrogens with zero attached hydrogens (tertiary/aromatic N) is 5. The molecule has 0 saturated carbocycles. The zero-order valence-electron chi connectivity index (χ0n) is 16.1. The molecule has 0 atom stereocenters. The number of fused-ring (bicyclic) bond motifs is 4. The van der Waals surface area contributed by atoms with E-state index in [-0.39, 0.29) is 11.7 Å². The number of benzene rings is 2. The van der Waals surface area contributed by atoms with Gasteiger partial charge in [-0.3, -0.25) is 4.79 Å². The fourth-order valence-corrected chi connectivity index (χ4v) is 5.12. The van der Waals surface area contributed by atoms with Crippen LogP contribution in [0.4, 0.5) is 5.13 Å². The van der Waals surface area contributed by atoms with Crippen molar-refractivity contribution in [2.45, 2.75) is 11.7 Å². The van der Waals surface area contributed by atoms with Gasteiger partial charge in [0.2, 0.25) is 11.1 Å². The molecule has 0 saturated heterocycles. The van der Waals surface area contributed by atoms with Crippen molar-refractivity contribution >= 4 is 82.4 Å². The van der Waals surface area contributed by atoms with Crippen LogP contribution in [0.1, 0.15) is 0 Å². The van der Waals surface area contributed by atoms with Crippen molar-refractivity contribution in [3.8, 4) is 0 Å². The first-order valence-corrected chi connectivity index (χ1v) is 11.9. The molecule has 0 fully saturated rings. The quantitative estimate of drug-likeness (QED) is 0.247. The van der Waals surface area contributed by atoms with E-state index >= 15 is 0 Å². The molecule has 154 valence electrons. The van der Waals surface area contributed by atoms with E-state index in [2.05, 4.69) is 48.0 Å². The number of amides is 1. The third-order valence-electron chi connectivity index (χ3n) is 4.59. The van der Waals surface area contributed by atoms with E-state index in [1.807, 2.05) is 53.1 Å². The molecule has 0 radical (unpaired) electrons. The largest absolute Gasteiger partial charge is 0.320 e. The third-order valence-corrected chi connectivity index (χ3v) is 6.88. The van der Waals surface area contributed by atoms with Crippen LogP contribution in [0.5, 0.6) is 0 Å². The molecule has 0 spiro atoms. The van der Waals surface area contributed by atoms with Gasteiger partial charge in [-0.05, 0) is 30.3 Å². The summed E-state index contributed by atoms with van der Waals surface area (Å²) in [7, 11) is 0. The van der Waals surface area contributed by atoms with Crippen molar-refractivity contribution in [1.29, 1.82) is 0 Å². The van der Waals surface area contributed by atoms with E-state index in [0.717, 1.165) is 36.8 Å². The molecule has 10 heteroatoms. The molecular formula is C21H15BrN6OS2. The number of halogens is 1. The van der Waals surface area contributed by atoms with E-state index < -0.39 is 0 Å². The summed E-state index contributed by atoms with van der Waals surface area (Å²) in [5.74, 6) is -0.000551. The van der Waals surface area contributed by atoms with E-state index in [9.17, 15) is 4.79 Å². The lowest BCUT2D eigenvalue weighted by atomic mass is 10.2. The monoisotopic (exact) mass is 510 g/mol. The Morgan fingerprint density at radius 2 is 2.10 bits per heavy atom. The van der Waals surface area contributed by atoms with Gasteiger partial charge in [0.1, 0.15) is 5.52 Å². The van der Waals surface area contributed by atoms with Gasteiger partial charge in [-0.2, -0.15) is 0 Å². The normalized spacial score (nSPS) is 11.4. The standard InChI is InChI=1S/C21H15BrN6OS2/c1-2-9-28-15-8-7-12(22)10-13(15)18-19(28)25-21(27-26-18)30-11-17(29)24-20-23-14-5-3-4-6-16(14)31-20/h2-8,10H,1,9,11H2,(H,23,24,29). The third kappa shape index (κ3) is 3.93. The predicted octanol–water partition coefficient (Wildman–Crippen LogP) is 5.27. The molecule has 1 N–H and O–H groups in total. The van der Waals surface area contributed by atoms with E-state index in [1.54, 1.807) is 0 Å². The fraction of sp³-hybridized carbons (Fsp3) is 0.0952. The maximum atomic E-state index is 12.4. The maximum absolute atomic E-state index is 12.4. The number of anilines is 1. The van der Waals surface area contributed by atoms with Gasteiger partial charge in [-0.15, -0.1) is 16.8 Å². The summed E-state index contributed by atoms with van der Waals surface area (Å²) in [6, 6.07) is 13.8. The van der Waals surface area contributed by atoms with Crippen molar-refractivity contribution in [2.24, 2.45) is 0 Å². The topological polar surface area (TPSA) is 85.6 Å². The Labute approximate surface area is 193 Å². The average Bonchev–Trinajstić information content (AvgIpc) is 3.31. The van der Waals surface area contributed by atoms with Crippen LogP contribution in [0.2, 0.25) is 0 Å². The molecule has 0 aliphatic carbocycles. The number of rotatable bonds is 6. The molecule has 7 nitrogen and oxygen atoms in total. The zero-order chi connectivity index (χ0) is 21.4. The first kappa shape index (κ1) is 20.1. The average molecular weight is 511 g/mol. The van der Waals surface area contributed by atoms with Gasteiger partial charge in [0.15, 0.2) is 10.8 Å². The van der Waals surface area contributed by atoms with Gasteiger partial charge in [0.25, 0.3) is 0 Å². The van der Waals surface area contributed by atoms with Crippen molar-refractivity contribution in [3.05, 3.63) is 59.6 Å². The number of thioether (sulfide) groups is 1. The van der Waals surface area contributed by atoms with Crippen LogP contribution in [0.3, 0.4) is 0 Å². The number of allylic oxidation sites excluding steroid dienone is 1. The number of hydrogen-bond donors (Lipinski definition) is 1. The van der Waals surface area contributed by atoms with E-state index in [4.69, 9.17) is 0 Å². The lowest BCUT2D eigenvalue weighted by Crippen LogP contribution is -2.14. The van der Waals surface area contributed by atoms with Gasteiger partial charge >= 0.3 is 0 Å². The van der Waals surface area contributed by atoms with Crippen molar-refractivity contribution < 1.29 is 4.79 Å². The minimum absolute atomic E-state index is 0.163. The molecule has 2 aromatic carbocycles. The lowest BCUT2D eigenvalue weighted by molar-refractivity contribution is -0.113. The molecule has 0 aliphatic rings. The SMILES string of the molecule is C=CCn1c2ccc(Br)cc2c2nnc(SCC(=O)Nc3nc4ccccc4s3)nc21. The summed E-state index contributed by atoms with van der Waals surface area (Å²) in [5.41, 5.74) is 3.32. The minimum atomic E-state index is -0.164. The molecular weight excluding hydrogens is 496 g/mol. The maximum Gasteiger partial charge on any atom is 0.236 e. The molecule has 3 aromatic heterocycles. The van der Waals surface area contributed by atoms with Gasteiger partial charge in [-0.1, -0.05) is 57.2 Å². The number of thiazole rings is 1. The molecule has 1 amide bonds. The van der Waals surface area contributed by atoms with Crippen LogP contribution >= 0.6 is 39.0 Å². The van der Waals surface area contributed by atoms with Crippen LogP contribution in [-0.4, -0.2) is 36.4 Å².